The number of carbonyl (C=O) groups is 1. The Morgan fingerprint density at radius 1 is 1.47 bits per heavy atom. The van der Waals surface area contributed by atoms with Crippen molar-refractivity contribution in [2.45, 2.75) is 19.4 Å². The predicted octanol–water partition coefficient (Wildman–Crippen LogP) is 1.06. The number of nitrogens with one attached hydrogen (secondary N) is 2. The van der Waals surface area contributed by atoms with Crippen LogP contribution in [0.5, 0.6) is 5.75 Å². The normalized spacial score (nSPS) is 17.9. The van der Waals surface area contributed by atoms with Gasteiger partial charge in [-0.05, 0) is 45.1 Å². The van der Waals surface area contributed by atoms with Gasteiger partial charge in [0.25, 0.3) is 5.91 Å². The van der Waals surface area contributed by atoms with Crippen molar-refractivity contribution in [2.24, 2.45) is 0 Å². The Bertz CT molecular complexity index is 462. The molecule has 0 spiro atoms. The van der Waals surface area contributed by atoms with Crippen LogP contribution in [-0.4, -0.2) is 44.2 Å². The molecule has 0 aromatic heterocycles. The molecule has 0 bridgehead atoms. The third-order valence-corrected chi connectivity index (χ3v) is 3.19. The third kappa shape index (κ3) is 3.45. The molecular weight excluding hydrogens is 242 g/mol. The molecule has 5 nitrogen and oxygen atoms in total. The smallest absolute Gasteiger partial charge is 0.265 e. The van der Waals surface area contributed by atoms with Crippen LogP contribution in [0.1, 0.15) is 12.5 Å². The lowest BCUT2D eigenvalue weighted by atomic mass is 10.1. The van der Waals surface area contributed by atoms with E-state index in [1.54, 1.807) is 6.92 Å². The highest BCUT2D eigenvalue weighted by Gasteiger charge is 2.23. The zero-order valence-electron chi connectivity index (χ0n) is 11.7. The summed E-state index contributed by atoms with van der Waals surface area (Å²) >= 11 is 0. The average molecular weight is 263 g/mol. The van der Waals surface area contributed by atoms with Crippen molar-refractivity contribution in [1.82, 2.24) is 10.2 Å². The van der Waals surface area contributed by atoms with Crippen molar-refractivity contribution in [3.05, 3.63) is 23.8 Å². The van der Waals surface area contributed by atoms with Gasteiger partial charge in [-0.15, -0.1) is 0 Å². The minimum Gasteiger partial charge on any atom is -0.479 e. The maximum atomic E-state index is 11.6. The van der Waals surface area contributed by atoms with Crippen molar-refractivity contribution in [3.63, 3.8) is 0 Å². The fourth-order valence-electron chi connectivity index (χ4n) is 2.08. The molecule has 1 aromatic carbocycles. The van der Waals surface area contributed by atoms with Gasteiger partial charge in [0.1, 0.15) is 5.75 Å². The van der Waals surface area contributed by atoms with Crippen LogP contribution in [0.4, 0.5) is 5.69 Å². The van der Waals surface area contributed by atoms with Gasteiger partial charge in [0, 0.05) is 13.2 Å². The molecule has 1 amide bonds. The van der Waals surface area contributed by atoms with E-state index < -0.39 is 6.10 Å². The molecule has 1 unspecified atom stereocenters. The van der Waals surface area contributed by atoms with Gasteiger partial charge in [-0.25, -0.2) is 0 Å². The lowest BCUT2D eigenvalue weighted by Gasteiger charge is -2.24. The van der Waals surface area contributed by atoms with Gasteiger partial charge in [-0.2, -0.15) is 0 Å². The molecule has 1 aliphatic heterocycles. The van der Waals surface area contributed by atoms with Crippen molar-refractivity contribution in [1.29, 1.82) is 0 Å². The van der Waals surface area contributed by atoms with Crippen LogP contribution in [0, 0.1) is 0 Å². The Labute approximate surface area is 113 Å². The van der Waals surface area contributed by atoms with Crippen molar-refractivity contribution in [2.75, 3.05) is 32.6 Å². The first-order valence-electron chi connectivity index (χ1n) is 6.53. The quantitative estimate of drug-likeness (QED) is 0.780. The summed E-state index contributed by atoms with van der Waals surface area (Å²) in [5.74, 6) is 0.663. The highest BCUT2D eigenvalue weighted by Crippen LogP contribution is 2.30. The van der Waals surface area contributed by atoms with Gasteiger partial charge in [-0.3, -0.25) is 9.69 Å². The van der Waals surface area contributed by atoms with E-state index in [-0.39, 0.29) is 5.91 Å². The van der Waals surface area contributed by atoms with E-state index in [2.05, 4.69) is 28.6 Å². The predicted molar refractivity (Wildman–Crippen MR) is 75.4 cm³/mol. The summed E-state index contributed by atoms with van der Waals surface area (Å²) in [4.78, 5) is 13.8. The molecule has 1 aromatic rings. The molecular formula is C14H21N3O2. The van der Waals surface area contributed by atoms with Gasteiger partial charge >= 0.3 is 0 Å². The molecule has 5 heteroatoms. The van der Waals surface area contributed by atoms with E-state index in [1.807, 2.05) is 19.2 Å². The van der Waals surface area contributed by atoms with Gasteiger partial charge in [0.15, 0.2) is 6.10 Å². The van der Waals surface area contributed by atoms with E-state index in [0.29, 0.717) is 0 Å². The summed E-state index contributed by atoms with van der Waals surface area (Å²) in [6.45, 7) is 3.58. The Morgan fingerprint density at radius 3 is 3.00 bits per heavy atom. The number of benzene rings is 1. The fourth-order valence-corrected chi connectivity index (χ4v) is 2.08. The second-order valence-electron chi connectivity index (χ2n) is 4.92. The van der Waals surface area contributed by atoms with E-state index in [9.17, 15) is 4.79 Å². The molecule has 2 N–H and O–H groups in total. The van der Waals surface area contributed by atoms with E-state index >= 15 is 0 Å². The van der Waals surface area contributed by atoms with E-state index in [1.165, 1.54) is 5.56 Å². The largest absolute Gasteiger partial charge is 0.479 e. The molecule has 2 rings (SSSR count). The number of anilines is 1. The highest BCUT2D eigenvalue weighted by molar-refractivity contribution is 5.97. The van der Waals surface area contributed by atoms with Crippen LogP contribution in [0.3, 0.4) is 0 Å². The summed E-state index contributed by atoms with van der Waals surface area (Å²) in [5, 5.41) is 5.99. The number of hydrogen-bond acceptors (Lipinski definition) is 4. The maximum absolute atomic E-state index is 11.6. The number of fused-ring (bicyclic) bond motifs is 1. The van der Waals surface area contributed by atoms with Gasteiger partial charge in [0.2, 0.25) is 0 Å². The van der Waals surface area contributed by atoms with Gasteiger partial charge in [-0.1, -0.05) is 6.07 Å². The fraction of sp³-hybridized carbons (Fsp3) is 0.500. The van der Waals surface area contributed by atoms with E-state index in [0.717, 1.165) is 31.1 Å². The standard InChI is InChI=1S/C14H21N3O2/c1-10-14(18)16-12-8-11(4-5-13(12)19-10)6-7-17(3)9-15-2/h4-5,8,10,15H,6-7,9H2,1-3H3,(H,16,18). The molecule has 19 heavy (non-hydrogen) atoms. The van der Waals surface area contributed by atoms with Gasteiger partial charge < -0.3 is 15.4 Å². The average Bonchev–Trinajstić information content (AvgIpc) is 2.38. The number of ether oxygens (including phenoxy) is 1. The summed E-state index contributed by atoms with van der Waals surface area (Å²) in [6, 6.07) is 5.97. The summed E-state index contributed by atoms with van der Waals surface area (Å²) in [5.41, 5.74) is 1.97. The minimum absolute atomic E-state index is 0.0862. The Morgan fingerprint density at radius 2 is 2.26 bits per heavy atom. The molecule has 0 radical (unpaired) electrons. The molecule has 0 saturated heterocycles. The number of amides is 1. The first-order valence-corrected chi connectivity index (χ1v) is 6.53. The minimum atomic E-state index is -0.417. The second-order valence-corrected chi connectivity index (χ2v) is 4.92. The van der Waals surface area contributed by atoms with Crippen molar-refractivity contribution < 1.29 is 9.53 Å². The monoisotopic (exact) mass is 263 g/mol. The van der Waals surface area contributed by atoms with E-state index in [4.69, 9.17) is 4.74 Å². The third-order valence-electron chi connectivity index (χ3n) is 3.19. The topological polar surface area (TPSA) is 53.6 Å². The van der Waals surface area contributed by atoms with Crippen LogP contribution in [0.15, 0.2) is 18.2 Å². The van der Waals surface area contributed by atoms with Crippen LogP contribution in [-0.2, 0) is 11.2 Å². The highest BCUT2D eigenvalue weighted by atomic mass is 16.5. The Hall–Kier alpha value is -1.59. The molecule has 104 valence electrons. The van der Waals surface area contributed by atoms with Crippen LogP contribution in [0.2, 0.25) is 0 Å². The van der Waals surface area contributed by atoms with Crippen LogP contribution in [0.25, 0.3) is 0 Å². The number of rotatable bonds is 5. The molecule has 0 aliphatic carbocycles. The van der Waals surface area contributed by atoms with Crippen LogP contribution >= 0.6 is 0 Å². The van der Waals surface area contributed by atoms with Gasteiger partial charge in [0.05, 0.1) is 5.69 Å². The molecule has 1 atom stereocenters. The van der Waals surface area contributed by atoms with Crippen LogP contribution < -0.4 is 15.4 Å². The SMILES string of the molecule is CNCN(C)CCc1ccc2c(c1)NC(=O)C(C)O2. The summed E-state index contributed by atoms with van der Waals surface area (Å²) in [7, 11) is 4.00. The second kappa shape index (κ2) is 6.04. The zero-order valence-corrected chi connectivity index (χ0v) is 11.7. The molecule has 0 saturated carbocycles. The number of carbonyl (C=O) groups excluding carboxylic acids is 1. The number of likely N-dealkylation sites (N-methyl/N-ethyl adjacent to an activating group) is 1. The number of hydrogen-bond donors (Lipinski definition) is 2. The lowest BCUT2D eigenvalue weighted by molar-refractivity contribution is -0.122. The number of nitrogens with zero attached hydrogens (tertiary/aromatic N) is 1. The first-order chi connectivity index (χ1) is 9.10. The summed E-state index contributed by atoms with van der Waals surface area (Å²) < 4.78 is 5.53. The zero-order chi connectivity index (χ0) is 13.8. The van der Waals surface area contributed by atoms with Crippen molar-refractivity contribution >= 4 is 11.6 Å². The Balaban J connectivity index is 2.01. The van der Waals surface area contributed by atoms with Crippen molar-refractivity contribution in [3.8, 4) is 5.75 Å². The first kappa shape index (κ1) is 13.8. The Kier molecular flexibility index (Phi) is 4.39. The molecule has 1 aliphatic rings. The lowest BCUT2D eigenvalue weighted by Crippen LogP contribution is -2.34. The maximum Gasteiger partial charge on any atom is 0.265 e. The molecule has 0 fully saturated rings. The molecule has 1 heterocycles. The summed E-state index contributed by atoms with van der Waals surface area (Å²) in [6.07, 6.45) is 0.525.